The summed E-state index contributed by atoms with van der Waals surface area (Å²) in [4.78, 5) is 40.4. The molecule has 40 heavy (non-hydrogen) atoms. The smallest absolute Gasteiger partial charge is 0.412 e. The minimum absolute atomic E-state index is 0.116. The van der Waals surface area contributed by atoms with E-state index in [1.54, 1.807) is 51.7 Å². The van der Waals surface area contributed by atoms with E-state index in [0.29, 0.717) is 48.7 Å². The van der Waals surface area contributed by atoms with Crippen LogP contribution in [0.4, 0.5) is 19.0 Å². The molecule has 2 aromatic carbocycles. The number of rotatable bonds is 2. The van der Waals surface area contributed by atoms with Gasteiger partial charge in [0.1, 0.15) is 28.8 Å². The first-order chi connectivity index (χ1) is 18.8. The predicted octanol–water partition coefficient (Wildman–Crippen LogP) is 6.52. The molecule has 2 aliphatic heterocycles. The summed E-state index contributed by atoms with van der Waals surface area (Å²) in [6.45, 7) is 9.56. The molecule has 3 amide bonds. The number of piperazine rings is 1. The molecule has 0 radical (unpaired) electrons. The largest absolute Gasteiger partial charge is 0.490 e. The van der Waals surface area contributed by atoms with Gasteiger partial charge in [0, 0.05) is 41.2 Å². The molecular weight excluding hydrogens is 561 g/mol. The van der Waals surface area contributed by atoms with Gasteiger partial charge < -0.3 is 24.4 Å². The van der Waals surface area contributed by atoms with E-state index in [9.17, 15) is 19.5 Å². The fourth-order valence-corrected chi connectivity index (χ4v) is 6.73. The molecule has 12 heteroatoms. The molecule has 1 saturated heterocycles. The van der Waals surface area contributed by atoms with Gasteiger partial charge in [-0.2, -0.15) is 0 Å². The van der Waals surface area contributed by atoms with Crippen LogP contribution in [0.25, 0.3) is 21.2 Å². The lowest BCUT2D eigenvalue weighted by molar-refractivity contribution is 0.0390. The molecule has 3 aromatic rings. The number of nitrogens with zero attached hydrogens (tertiary/aromatic N) is 2. The third-order valence-electron chi connectivity index (χ3n) is 7.05. The predicted molar refractivity (Wildman–Crippen MR) is 151 cm³/mol. The Morgan fingerprint density at radius 1 is 1.20 bits per heavy atom. The summed E-state index contributed by atoms with van der Waals surface area (Å²) in [6.07, 6.45) is -1.68. The third-order valence-corrected chi connectivity index (χ3v) is 8.56. The van der Waals surface area contributed by atoms with E-state index in [2.05, 4.69) is 5.32 Å². The number of carbonyl (C=O) groups excluding carboxylic acids is 2. The van der Waals surface area contributed by atoms with Gasteiger partial charge in [0.15, 0.2) is 0 Å². The second-order valence-corrected chi connectivity index (χ2v) is 12.3. The molecule has 3 heterocycles. The SMILES string of the molecule is Cc1c2c(cc(Cl)c1-c1ccc(F)c3sc(NC(=O)OC(C)(C)C)c(C)c13)C(=O)N1CCN(C(=O)O)C[C@@H]1CO2. The van der Waals surface area contributed by atoms with Crippen LogP contribution in [0.2, 0.25) is 5.02 Å². The van der Waals surface area contributed by atoms with Gasteiger partial charge in [-0.1, -0.05) is 17.7 Å². The van der Waals surface area contributed by atoms with Crippen molar-refractivity contribution >= 4 is 56.1 Å². The van der Waals surface area contributed by atoms with E-state index >= 15 is 4.39 Å². The Morgan fingerprint density at radius 3 is 2.60 bits per heavy atom. The minimum atomic E-state index is -1.04. The monoisotopic (exact) mass is 589 g/mol. The van der Waals surface area contributed by atoms with Crippen molar-refractivity contribution in [3.8, 4) is 16.9 Å². The first-order valence-electron chi connectivity index (χ1n) is 12.7. The van der Waals surface area contributed by atoms with Gasteiger partial charge in [0.05, 0.1) is 16.3 Å². The molecular formula is C28H29ClFN3O6S. The molecule has 1 atom stereocenters. The standard InChI is InChI=1S/C28H29ClFN3O6S/c1-13-20(16-6-7-19(30)23-21(16)14(2)24(40-23)31-26(35)39-28(3,4)5)18(29)10-17-22(13)38-12-15-11-32(27(36)37)8-9-33(15)25(17)34/h6-7,10,15H,8-9,11-12H2,1-5H3,(H,31,35)(H,36,37)/t15-/m1/s1. The van der Waals surface area contributed by atoms with E-state index in [4.69, 9.17) is 21.1 Å². The van der Waals surface area contributed by atoms with Gasteiger partial charge in [-0.05, 0) is 57.9 Å². The number of halogens is 2. The molecule has 212 valence electrons. The van der Waals surface area contributed by atoms with Gasteiger partial charge in [-0.3, -0.25) is 10.1 Å². The van der Waals surface area contributed by atoms with Crippen molar-refractivity contribution in [2.24, 2.45) is 0 Å². The molecule has 2 aliphatic rings. The molecule has 5 rings (SSSR count). The number of hydrogen-bond donors (Lipinski definition) is 2. The van der Waals surface area contributed by atoms with Gasteiger partial charge in [0.2, 0.25) is 0 Å². The first kappa shape index (κ1) is 28.0. The average molecular weight is 590 g/mol. The summed E-state index contributed by atoms with van der Waals surface area (Å²) in [5.41, 5.74) is 2.05. The van der Waals surface area contributed by atoms with E-state index in [-0.39, 0.29) is 37.2 Å². The highest BCUT2D eigenvalue weighted by atomic mass is 35.5. The van der Waals surface area contributed by atoms with Crippen molar-refractivity contribution in [3.63, 3.8) is 0 Å². The summed E-state index contributed by atoms with van der Waals surface area (Å²) < 4.78 is 26.9. The van der Waals surface area contributed by atoms with Crippen molar-refractivity contribution in [1.29, 1.82) is 0 Å². The Labute approximate surface area is 239 Å². The number of thiophene rings is 1. The zero-order chi connectivity index (χ0) is 29.1. The summed E-state index contributed by atoms with van der Waals surface area (Å²) in [6, 6.07) is 4.09. The second-order valence-electron chi connectivity index (χ2n) is 10.9. The molecule has 0 unspecified atom stereocenters. The van der Waals surface area contributed by atoms with Crippen LogP contribution in [0.1, 0.15) is 42.3 Å². The number of amides is 3. The number of carbonyl (C=O) groups is 3. The highest BCUT2D eigenvalue weighted by Crippen LogP contribution is 2.47. The first-order valence-corrected chi connectivity index (χ1v) is 13.9. The van der Waals surface area contributed by atoms with Crippen LogP contribution in [0, 0.1) is 19.7 Å². The summed E-state index contributed by atoms with van der Waals surface area (Å²) in [5.74, 6) is -0.365. The number of carboxylic acid groups (broad SMARTS) is 1. The van der Waals surface area contributed by atoms with Crippen LogP contribution in [0.5, 0.6) is 5.75 Å². The zero-order valence-corrected chi connectivity index (χ0v) is 24.3. The van der Waals surface area contributed by atoms with Crippen molar-refractivity contribution in [2.75, 3.05) is 31.6 Å². The molecule has 2 N–H and O–H groups in total. The topological polar surface area (TPSA) is 108 Å². The number of fused-ring (bicyclic) bond motifs is 3. The van der Waals surface area contributed by atoms with Crippen molar-refractivity contribution < 1.29 is 33.4 Å². The van der Waals surface area contributed by atoms with E-state index < -0.39 is 29.6 Å². The summed E-state index contributed by atoms with van der Waals surface area (Å²) in [5, 5.41) is 13.5. The maximum atomic E-state index is 15.0. The van der Waals surface area contributed by atoms with Crippen LogP contribution >= 0.6 is 22.9 Å². The molecule has 0 bridgehead atoms. The number of ether oxygens (including phenoxy) is 2. The fourth-order valence-electron chi connectivity index (χ4n) is 5.25. The Hall–Kier alpha value is -3.57. The summed E-state index contributed by atoms with van der Waals surface area (Å²) in [7, 11) is 0. The maximum absolute atomic E-state index is 15.0. The maximum Gasteiger partial charge on any atom is 0.412 e. The summed E-state index contributed by atoms with van der Waals surface area (Å²) >= 11 is 7.92. The normalized spacial score (nSPS) is 17.2. The van der Waals surface area contributed by atoms with Crippen LogP contribution in [-0.2, 0) is 4.74 Å². The fraction of sp³-hybridized carbons (Fsp3) is 0.393. The Bertz CT molecular complexity index is 1570. The Balaban J connectivity index is 1.59. The molecule has 9 nitrogen and oxygen atoms in total. The number of hydrogen-bond acceptors (Lipinski definition) is 6. The van der Waals surface area contributed by atoms with Crippen LogP contribution in [0.3, 0.4) is 0 Å². The van der Waals surface area contributed by atoms with Gasteiger partial charge in [-0.25, -0.2) is 14.0 Å². The van der Waals surface area contributed by atoms with Gasteiger partial charge >= 0.3 is 12.2 Å². The highest BCUT2D eigenvalue weighted by Gasteiger charge is 2.38. The molecule has 0 saturated carbocycles. The van der Waals surface area contributed by atoms with Crippen LogP contribution in [-0.4, -0.2) is 70.9 Å². The lowest BCUT2D eigenvalue weighted by Crippen LogP contribution is -2.57. The van der Waals surface area contributed by atoms with E-state index in [1.165, 1.54) is 11.0 Å². The van der Waals surface area contributed by atoms with Crippen molar-refractivity contribution in [1.82, 2.24) is 9.80 Å². The van der Waals surface area contributed by atoms with Crippen molar-refractivity contribution in [2.45, 2.75) is 46.3 Å². The second kappa shape index (κ2) is 10.1. The lowest BCUT2D eigenvalue weighted by Gasteiger charge is -2.38. The molecule has 0 spiro atoms. The van der Waals surface area contributed by atoms with Crippen molar-refractivity contribution in [3.05, 3.63) is 45.7 Å². The lowest BCUT2D eigenvalue weighted by atomic mass is 9.93. The number of nitrogens with one attached hydrogen (secondary N) is 1. The minimum Gasteiger partial charge on any atom is -0.490 e. The average Bonchev–Trinajstić information content (AvgIpc) is 3.11. The molecule has 0 aliphatic carbocycles. The van der Waals surface area contributed by atoms with Gasteiger partial charge in [0.25, 0.3) is 5.91 Å². The molecule has 1 aromatic heterocycles. The zero-order valence-electron chi connectivity index (χ0n) is 22.7. The third kappa shape index (κ3) is 4.92. The van der Waals surface area contributed by atoms with Gasteiger partial charge in [-0.15, -0.1) is 11.3 Å². The number of anilines is 1. The van der Waals surface area contributed by atoms with Crippen LogP contribution in [0.15, 0.2) is 18.2 Å². The quantitative estimate of drug-likeness (QED) is 0.352. The van der Waals surface area contributed by atoms with E-state index in [1.807, 2.05) is 0 Å². The highest BCUT2D eigenvalue weighted by molar-refractivity contribution is 7.23. The number of benzene rings is 2. The van der Waals surface area contributed by atoms with E-state index in [0.717, 1.165) is 11.3 Å². The molecule has 1 fully saturated rings. The Kier molecular flexibility index (Phi) is 7.08. The number of aryl methyl sites for hydroxylation is 1. The Morgan fingerprint density at radius 2 is 1.93 bits per heavy atom. The van der Waals surface area contributed by atoms with Crippen LogP contribution < -0.4 is 10.1 Å².